The van der Waals surface area contributed by atoms with Crippen LogP contribution in [0.3, 0.4) is 0 Å². The van der Waals surface area contributed by atoms with Crippen molar-refractivity contribution in [3.8, 4) is 0 Å². The van der Waals surface area contributed by atoms with Crippen LogP contribution in [0.1, 0.15) is 57.2 Å². The third-order valence-corrected chi connectivity index (χ3v) is 6.53. The lowest BCUT2D eigenvalue weighted by Crippen LogP contribution is -2.38. The minimum atomic E-state index is -0.110. The van der Waals surface area contributed by atoms with E-state index in [1.807, 2.05) is 32.2 Å². The molecule has 3 heterocycles. The van der Waals surface area contributed by atoms with Crippen LogP contribution < -0.4 is 10.2 Å². The minimum absolute atomic E-state index is 0.0693. The number of hydrogen-bond acceptors (Lipinski definition) is 5. The first-order valence-electron chi connectivity index (χ1n) is 12.3. The van der Waals surface area contributed by atoms with Gasteiger partial charge in [-0.1, -0.05) is 42.0 Å². The Morgan fingerprint density at radius 1 is 1.12 bits per heavy atom. The highest BCUT2D eigenvalue weighted by Gasteiger charge is 2.39. The van der Waals surface area contributed by atoms with Gasteiger partial charge in [-0.25, -0.2) is 9.97 Å². The first-order valence-corrected chi connectivity index (χ1v) is 12.3. The molecule has 0 bridgehead atoms. The van der Waals surface area contributed by atoms with Crippen molar-refractivity contribution in [1.82, 2.24) is 20.2 Å². The lowest BCUT2D eigenvalue weighted by atomic mass is 9.91. The molecule has 0 unspecified atom stereocenters. The van der Waals surface area contributed by atoms with Crippen molar-refractivity contribution in [2.24, 2.45) is 5.92 Å². The molecule has 2 aliphatic heterocycles. The molecule has 33 heavy (non-hydrogen) atoms. The number of hydrogen-bond donors (Lipinski definition) is 1. The van der Waals surface area contributed by atoms with Crippen LogP contribution in [0.2, 0.25) is 0 Å². The number of nitrogens with one attached hydrogen (secondary N) is 1. The van der Waals surface area contributed by atoms with E-state index >= 15 is 0 Å². The molecule has 1 aromatic carbocycles. The van der Waals surface area contributed by atoms with Gasteiger partial charge in [-0.15, -0.1) is 0 Å². The first-order chi connectivity index (χ1) is 16.0. The second kappa shape index (κ2) is 10.9. The van der Waals surface area contributed by atoms with E-state index < -0.39 is 0 Å². The molecule has 0 saturated carbocycles. The van der Waals surface area contributed by atoms with Gasteiger partial charge >= 0.3 is 0 Å². The molecule has 2 aromatic rings. The van der Waals surface area contributed by atoms with Gasteiger partial charge in [-0.05, 0) is 51.7 Å². The lowest BCUT2D eigenvalue weighted by Gasteiger charge is -2.27. The second-order valence-electron chi connectivity index (χ2n) is 9.80. The Hall–Kier alpha value is -2.73. The predicted octanol–water partition coefficient (Wildman–Crippen LogP) is 4.11. The van der Waals surface area contributed by atoms with Crippen molar-refractivity contribution < 1.29 is 4.79 Å². The van der Waals surface area contributed by atoms with Gasteiger partial charge in [0.1, 0.15) is 0 Å². The summed E-state index contributed by atoms with van der Waals surface area (Å²) >= 11 is 0. The maximum Gasteiger partial charge on any atom is 0.225 e. The molecule has 2 fully saturated rings. The van der Waals surface area contributed by atoms with Crippen molar-refractivity contribution in [2.45, 2.75) is 52.0 Å². The topological polar surface area (TPSA) is 61.4 Å². The average Bonchev–Trinajstić information content (AvgIpc) is 3.24. The minimum Gasteiger partial charge on any atom is -0.354 e. The van der Waals surface area contributed by atoms with Crippen LogP contribution in [0.25, 0.3) is 6.08 Å². The van der Waals surface area contributed by atoms with Crippen molar-refractivity contribution in [1.29, 1.82) is 0 Å². The van der Waals surface area contributed by atoms with Crippen LogP contribution in [0.5, 0.6) is 0 Å². The molecular formula is C27H37N5O. The van der Waals surface area contributed by atoms with Gasteiger partial charge < -0.3 is 10.2 Å². The van der Waals surface area contributed by atoms with Crippen LogP contribution in [-0.2, 0) is 4.79 Å². The smallest absolute Gasteiger partial charge is 0.225 e. The third kappa shape index (κ3) is 6.20. The third-order valence-electron chi connectivity index (χ3n) is 6.53. The molecule has 2 atom stereocenters. The highest BCUT2D eigenvalue weighted by Crippen LogP contribution is 2.33. The summed E-state index contributed by atoms with van der Waals surface area (Å²) in [5.41, 5.74) is 3.49. The van der Waals surface area contributed by atoms with Gasteiger partial charge in [-0.2, -0.15) is 0 Å². The number of carbonyl (C=O) groups excluding carboxylic acids is 1. The van der Waals surface area contributed by atoms with E-state index in [-0.39, 0.29) is 23.8 Å². The maximum atomic E-state index is 13.1. The highest BCUT2D eigenvalue weighted by molar-refractivity contribution is 5.80. The number of rotatable bonds is 7. The molecule has 4 rings (SSSR count). The zero-order valence-corrected chi connectivity index (χ0v) is 20.2. The Bertz CT molecular complexity index is 952. The zero-order valence-electron chi connectivity index (χ0n) is 20.2. The van der Waals surface area contributed by atoms with Gasteiger partial charge in [0.05, 0.1) is 11.6 Å². The van der Waals surface area contributed by atoms with E-state index in [0.29, 0.717) is 0 Å². The Balaban J connectivity index is 1.53. The molecule has 6 heteroatoms. The molecule has 1 amide bonds. The van der Waals surface area contributed by atoms with Crippen molar-refractivity contribution in [2.75, 3.05) is 37.6 Å². The molecule has 1 aromatic heterocycles. The molecule has 0 spiro atoms. The Morgan fingerprint density at radius 2 is 1.88 bits per heavy atom. The van der Waals surface area contributed by atoms with E-state index in [1.54, 1.807) is 0 Å². The Labute approximate surface area is 198 Å². The number of likely N-dealkylation sites (tertiary alicyclic amines) is 1. The summed E-state index contributed by atoms with van der Waals surface area (Å²) in [4.78, 5) is 27.3. The average molecular weight is 448 g/mol. The summed E-state index contributed by atoms with van der Waals surface area (Å²) in [5, 5.41) is 3.14. The molecule has 6 nitrogen and oxygen atoms in total. The van der Waals surface area contributed by atoms with Crippen molar-refractivity contribution in [3.63, 3.8) is 0 Å². The van der Waals surface area contributed by atoms with Gasteiger partial charge in [0.2, 0.25) is 11.9 Å². The monoisotopic (exact) mass is 447 g/mol. The summed E-state index contributed by atoms with van der Waals surface area (Å²) in [6, 6.07) is 12.5. The van der Waals surface area contributed by atoms with E-state index in [4.69, 9.17) is 4.98 Å². The summed E-state index contributed by atoms with van der Waals surface area (Å²) in [7, 11) is 0. The number of carbonyl (C=O) groups is 1. The standard InChI is InChI=1S/C27H37N5O/c1-20(2)29-26(33)24-19-31(17-21(3)16-22-10-6-4-7-11-22)18-23(24)25-12-13-28-27(30-25)32-14-8-5-9-15-32/h4,6-7,10-13,16,20,23-24H,5,8-9,14-15,17-19H2,1-3H3,(H,29,33)/t23-,24-/m0/s1. The summed E-state index contributed by atoms with van der Waals surface area (Å²) in [6.45, 7) is 10.7. The van der Waals surface area contributed by atoms with Crippen LogP contribution in [-0.4, -0.2) is 59.5 Å². The number of anilines is 1. The molecule has 2 saturated heterocycles. The molecule has 2 aliphatic rings. The molecule has 1 N–H and O–H groups in total. The number of benzene rings is 1. The number of piperidine rings is 1. The first kappa shape index (κ1) is 23.4. The van der Waals surface area contributed by atoms with Crippen LogP contribution in [0, 0.1) is 5.92 Å². The summed E-state index contributed by atoms with van der Waals surface area (Å²) < 4.78 is 0. The van der Waals surface area contributed by atoms with E-state index in [0.717, 1.165) is 44.4 Å². The quantitative estimate of drug-likeness (QED) is 0.692. The number of nitrogens with zero attached hydrogens (tertiary/aromatic N) is 4. The predicted molar refractivity (Wildman–Crippen MR) is 134 cm³/mol. The number of amides is 1. The zero-order chi connectivity index (χ0) is 23.2. The van der Waals surface area contributed by atoms with Crippen LogP contribution >= 0.6 is 0 Å². The summed E-state index contributed by atoms with van der Waals surface area (Å²) in [6.07, 6.45) is 7.76. The highest BCUT2D eigenvalue weighted by atomic mass is 16.2. The van der Waals surface area contributed by atoms with E-state index in [1.165, 1.54) is 30.4 Å². The Morgan fingerprint density at radius 3 is 2.61 bits per heavy atom. The maximum absolute atomic E-state index is 13.1. The van der Waals surface area contributed by atoms with Gasteiger partial charge in [0, 0.05) is 50.9 Å². The fraction of sp³-hybridized carbons (Fsp3) is 0.519. The van der Waals surface area contributed by atoms with E-state index in [2.05, 4.69) is 57.4 Å². The summed E-state index contributed by atoms with van der Waals surface area (Å²) in [5.74, 6) is 0.898. The fourth-order valence-electron chi connectivity index (χ4n) is 5.02. The molecule has 0 radical (unpaired) electrons. The van der Waals surface area contributed by atoms with Gasteiger partial charge in [0.25, 0.3) is 0 Å². The van der Waals surface area contributed by atoms with E-state index in [9.17, 15) is 4.79 Å². The fourth-order valence-corrected chi connectivity index (χ4v) is 5.02. The van der Waals surface area contributed by atoms with Crippen molar-refractivity contribution >= 4 is 17.9 Å². The second-order valence-corrected chi connectivity index (χ2v) is 9.80. The molecule has 176 valence electrons. The normalized spacial score (nSPS) is 22.1. The van der Waals surface area contributed by atoms with Crippen LogP contribution in [0.4, 0.5) is 5.95 Å². The molecule has 0 aliphatic carbocycles. The van der Waals surface area contributed by atoms with Crippen LogP contribution in [0.15, 0.2) is 48.2 Å². The lowest BCUT2D eigenvalue weighted by molar-refractivity contribution is -0.125. The SMILES string of the molecule is CC(=Cc1ccccc1)CN1C[C@H](C(=O)NC(C)C)[C@@H](c2ccnc(N3CCCCC3)n2)C1. The number of aromatic nitrogens is 2. The molecular weight excluding hydrogens is 410 g/mol. The Kier molecular flexibility index (Phi) is 7.76. The van der Waals surface area contributed by atoms with Gasteiger partial charge in [0.15, 0.2) is 0 Å². The largest absolute Gasteiger partial charge is 0.354 e. The van der Waals surface area contributed by atoms with Gasteiger partial charge in [-0.3, -0.25) is 9.69 Å². The van der Waals surface area contributed by atoms with Crippen molar-refractivity contribution in [3.05, 3.63) is 59.4 Å².